The van der Waals surface area contributed by atoms with Gasteiger partial charge < -0.3 is 4.98 Å². The van der Waals surface area contributed by atoms with Crippen molar-refractivity contribution in [2.75, 3.05) is 0 Å². The van der Waals surface area contributed by atoms with Crippen molar-refractivity contribution >= 4 is 32.4 Å². The molecule has 0 fully saturated rings. The fourth-order valence-electron chi connectivity index (χ4n) is 4.20. The summed E-state index contributed by atoms with van der Waals surface area (Å²) in [5.74, 6) is 0.697. The quantitative estimate of drug-likeness (QED) is 0.145. The van der Waals surface area contributed by atoms with E-state index >= 15 is 0 Å². The third-order valence-electron chi connectivity index (χ3n) is 5.95. The molecule has 3 heterocycles. The zero-order valence-electron chi connectivity index (χ0n) is 19.7. The summed E-state index contributed by atoms with van der Waals surface area (Å²) in [5.41, 5.74) is 3.89. The van der Waals surface area contributed by atoms with E-state index in [1.807, 2.05) is 104 Å². The standard InChI is InChI=1S/C17H10N3.C15H10N.Ir/c1-2-4-12(5-3-1)17-19-11-14-7-6-13-10-18-9-8-15(13)16(14)20-17;1-2-7-13(8-3-1)15-14-9-5-4-6-12(14)10-11-16-15;/h1-4,6-11H;1-7,9-11H;/q2*-1;. The predicted molar refractivity (Wildman–Crippen MR) is 145 cm³/mol. The van der Waals surface area contributed by atoms with E-state index in [0.717, 1.165) is 38.5 Å². The van der Waals surface area contributed by atoms with Crippen LogP contribution < -0.4 is 0 Å². The first-order chi connectivity index (χ1) is 17.9. The number of hydrogen-bond acceptors (Lipinski definition) is 4. The van der Waals surface area contributed by atoms with Crippen molar-refractivity contribution in [3.8, 4) is 22.6 Å². The molecule has 0 atom stereocenters. The van der Waals surface area contributed by atoms with Gasteiger partial charge in [0, 0.05) is 61.1 Å². The maximum atomic E-state index is 4.70. The van der Waals surface area contributed by atoms with Gasteiger partial charge in [-0.2, -0.15) is 0 Å². The van der Waals surface area contributed by atoms with E-state index < -0.39 is 0 Å². The Labute approximate surface area is 228 Å². The molecule has 0 aliphatic heterocycles. The van der Waals surface area contributed by atoms with Gasteiger partial charge >= 0.3 is 0 Å². The van der Waals surface area contributed by atoms with Gasteiger partial charge in [-0.25, -0.2) is 0 Å². The first kappa shape index (κ1) is 24.4. The average molecular weight is 653 g/mol. The third-order valence-corrected chi connectivity index (χ3v) is 5.95. The molecule has 0 unspecified atom stereocenters. The number of benzene rings is 4. The second-order valence-electron chi connectivity index (χ2n) is 8.23. The minimum atomic E-state index is 0. The Morgan fingerprint density at radius 3 is 2.11 bits per heavy atom. The van der Waals surface area contributed by atoms with Gasteiger partial charge in [-0.3, -0.25) is 15.0 Å². The van der Waals surface area contributed by atoms with E-state index in [2.05, 4.69) is 39.2 Å². The van der Waals surface area contributed by atoms with E-state index in [-0.39, 0.29) is 20.1 Å². The molecule has 0 amide bonds. The van der Waals surface area contributed by atoms with Gasteiger partial charge in [-0.15, -0.1) is 71.8 Å². The summed E-state index contributed by atoms with van der Waals surface area (Å²) in [7, 11) is 0. The van der Waals surface area contributed by atoms with Gasteiger partial charge in [0.25, 0.3) is 0 Å². The van der Waals surface area contributed by atoms with Crippen LogP contribution in [-0.4, -0.2) is 19.9 Å². The zero-order valence-corrected chi connectivity index (χ0v) is 22.1. The molecular weight excluding hydrogens is 633 g/mol. The largest absolute Gasteiger partial charge is 0.304 e. The first-order valence-electron chi connectivity index (χ1n) is 11.6. The molecular formula is C32H20IrN4-2. The number of aromatic nitrogens is 4. The molecule has 37 heavy (non-hydrogen) atoms. The van der Waals surface area contributed by atoms with Crippen LogP contribution in [0.15, 0.2) is 122 Å². The SMILES string of the molecule is [Ir].[c-]1ccccc1-c1ncc2ccc3cnccc3c2n1.[c-]1ccccc1-c1nccc2ccccc12. The number of pyridine rings is 2. The van der Waals surface area contributed by atoms with Crippen LogP contribution in [0.1, 0.15) is 0 Å². The van der Waals surface area contributed by atoms with Crippen molar-refractivity contribution in [1.82, 2.24) is 19.9 Å². The minimum absolute atomic E-state index is 0. The van der Waals surface area contributed by atoms with Crippen LogP contribution in [0, 0.1) is 12.1 Å². The molecule has 0 bridgehead atoms. The smallest absolute Gasteiger partial charge is 0.0756 e. The van der Waals surface area contributed by atoms with Crippen LogP contribution in [0.5, 0.6) is 0 Å². The maximum Gasteiger partial charge on any atom is 0.0756 e. The number of fused-ring (bicyclic) bond motifs is 4. The molecule has 3 aromatic heterocycles. The molecule has 4 aromatic carbocycles. The van der Waals surface area contributed by atoms with E-state index in [4.69, 9.17) is 4.98 Å². The summed E-state index contributed by atoms with van der Waals surface area (Å²) in [6, 6.07) is 38.4. The maximum absolute atomic E-state index is 4.70. The fraction of sp³-hybridized carbons (Fsp3) is 0. The number of hydrogen-bond donors (Lipinski definition) is 0. The second-order valence-corrected chi connectivity index (χ2v) is 8.23. The Balaban J connectivity index is 0.000000151. The van der Waals surface area contributed by atoms with Crippen molar-refractivity contribution in [1.29, 1.82) is 0 Å². The Morgan fingerprint density at radius 2 is 1.30 bits per heavy atom. The van der Waals surface area contributed by atoms with Crippen molar-refractivity contribution in [2.45, 2.75) is 0 Å². The Hall–Kier alpha value is -4.31. The van der Waals surface area contributed by atoms with Crippen LogP contribution in [-0.2, 0) is 20.1 Å². The Bertz CT molecular complexity index is 1780. The number of rotatable bonds is 2. The molecule has 7 aromatic rings. The number of nitrogens with zero attached hydrogens (tertiary/aromatic N) is 4. The minimum Gasteiger partial charge on any atom is -0.304 e. The van der Waals surface area contributed by atoms with Crippen LogP contribution >= 0.6 is 0 Å². The van der Waals surface area contributed by atoms with Crippen molar-refractivity contribution in [3.63, 3.8) is 0 Å². The van der Waals surface area contributed by atoms with Crippen molar-refractivity contribution in [3.05, 3.63) is 134 Å². The zero-order chi connectivity index (χ0) is 24.2. The summed E-state index contributed by atoms with van der Waals surface area (Å²) in [5, 5.41) is 5.60. The van der Waals surface area contributed by atoms with Gasteiger partial charge in [0.2, 0.25) is 0 Å². The van der Waals surface area contributed by atoms with Crippen LogP contribution in [0.3, 0.4) is 0 Å². The van der Waals surface area contributed by atoms with E-state index in [1.165, 1.54) is 10.8 Å². The molecule has 0 spiro atoms. The molecule has 0 saturated heterocycles. The first-order valence-corrected chi connectivity index (χ1v) is 11.6. The van der Waals surface area contributed by atoms with Crippen molar-refractivity contribution < 1.29 is 20.1 Å². The van der Waals surface area contributed by atoms with Gasteiger partial charge in [-0.1, -0.05) is 36.4 Å². The third kappa shape index (κ3) is 5.14. The monoisotopic (exact) mass is 653 g/mol. The summed E-state index contributed by atoms with van der Waals surface area (Å²) in [6.45, 7) is 0. The van der Waals surface area contributed by atoms with Crippen LogP contribution in [0.25, 0.3) is 55.1 Å². The molecule has 0 aliphatic carbocycles. The second kappa shape index (κ2) is 11.2. The van der Waals surface area contributed by atoms with E-state index in [0.29, 0.717) is 5.82 Å². The predicted octanol–water partition coefficient (Wildman–Crippen LogP) is 7.34. The molecule has 0 N–H and O–H groups in total. The molecule has 7 rings (SSSR count). The fourth-order valence-corrected chi connectivity index (χ4v) is 4.20. The normalized spacial score (nSPS) is 10.5. The van der Waals surface area contributed by atoms with Crippen molar-refractivity contribution in [2.24, 2.45) is 0 Å². The summed E-state index contributed by atoms with van der Waals surface area (Å²) in [6.07, 6.45) is 7.35. The molecule has 0 aliphatic rings. The Morgan fingerprint density at radius 1 is 0.541 bits per heavy atom. The molecule has 179 valence electrons. The molecule has 5 heteroatoms. The van der Waals surface area contributed by atoms with Gasteiger partial charge in [0.1, 0.15) is 0 Å². The van der Waals surface area contributed by atoms with E-state index in [9.17, 15) is 0 Å². The molecule has 1 radical (unpaired) electrons. The molecule has 0 saturated carbocycles. The summed E-state index contributed by atoms with van der Waals surface area (Å²) >= 11 is 0. The summed E-state index contributed by atoms with van der Waals surface area (Å²) < 4.78 is 0. The average Bonchev–Trinajstić information content (AvgIpc) is 2.98. The van der Waals surface area contributed by atoms with Gasteiger partial charge in [0.05, 0.1) is 11.3 Å². The van der Waals surface area contributed by atoms with Gasteiger partial charge in [0.15, 0.2) is 0 Å². The van der Waals surface area contributed by atoms with Crippen LogP contribution in [0.4, 0.5) is 0 Å². The summed E-state index contributed by atoms with van der Waals surface area (Å²) in [4.78, 5) is 17.7. The Kier molecular flexibility index (Phi) is 7.36. The van der Waals surface area contributed by atoms with Crippen LogP contribution in [0.2, 0.25) is 0 Å². The molecule has 4 nitrogen and oxygen atoms in total. The topological polar surface area (TPSA) is 51.6 Å². The van der Waals surface area contributed by atoms with Gasteiger partial charge in [-0.05, 0) is 28.6 Å². The van der Waals surface area contributed by atoms with E-state index in [1.54, 1.807) is 6.20 Å².